The van der Waals surface area contributed by atoms with Gasteiger partial charge in [-0.15, -0.1) is 0 Å². The van der Waals surface area contributed by atoms with E-state index in [0.29, 0.717) is 24.7 Å². The van der Waals surface area contributed by atoms with Gasteiger partial charge in [-0.1, -0.05) is 18.2 Å². The van der Waals surface area contributed by atoms with Gasteiger partial charge >= 0.3 is 12.2 Å². The van der Waals surface area contributed by atoms with E-state index in [1.54, 1.807) is 18.2 Å². The molecule has 7 nitrogen and oxygen atoms in total. The maximum atomic E-state index is 14.6. The minimum Gasteiger partial charge on any atom is -0.351 e. The SMILES string of the molecule is CC(N)c1cccc(-c2ccc(N3CCCCC3=O)c(F)c2F)c1.NC(=O)Nc1ccc(C(F)(F)F)cn1. The highest BCUT2D eigenvalue weighted by Crippen LogP contribution is 2.33. The number of anilines is 2. The van der Waals surface area contributed by atoms with Gasteiger partial charge in [0.2, 0.25) is 5.91 Å². The Morgan fingerprint density at radius 3 is 2.39 bits per heavy atom. The van der Waals surface area contributed by atoms with Crippen LogP contribution in [0, 0.1) is 11.6 Å². The second kappa shape index (κ2) is 12.0. The highest BCUT2D eigenvalue weighted by Gasteiger charge is 2.30. The molecule has 1 aliphatic heterocycles. The molecular weight excluding hydrogens is 509 g/mol. The normalized spacial score (nSPS) is 14.4. The van der Waals surface area contributed by atoms with E-state index in [0.717, 1.165) is 30.5 Å². The summed E-state index contributed by atoms with van der Waals surface area (Å²) in [5.74, 6) is -2.10. The largest absolute Gasteiger partial charge is 0.417 e. The van der Waals surface area contributed by atoms with Crippen molar-refractivity contribution in [2.75, 3.05) is 16.8 Å². The van der Waals surface area contributed by atoms with Crippen LogP contribution in [0.15, 0.2) is 54.7 Å². The number of rotatable bonds is 4. The smallest absolute Gasteiger partial charge is 0.351 e. The number of hydrogen-bond acceptors (Lipinski definition) is 4. The third-order valence-electron chi connectivity index (χ3n) is 5.74. The summed E-state index contributed by atoms with van der Waals surface area (Å²) in [7, 11) is 0. The summed E-state index contributed by atoms with van der Waals surface area (Å²) in [5, 5.41) is 2.04. The zero-order valence-electron chi connectivity index (χ0n) is 20.4. The first-order valence-corrected chi connectivity index (χ1v) is 11.6. The summed E-state index contributed by atoms with van der Waals surface area (Å²) < 4.78 is 65.3. The highest BCUT2D eigenvalue weighted by atomic mass is 19.4. The number of hydrogen-bond donors (Lipinski definition) is 3. The molecule has 12 heteroatoms. The minimum absolute atomic E-state index is 0.0179. The maximum absolute atomic E-state index is 14.6. The van der Waals surface area contributed by atoms with Gasteiger partial charge in [0.15, 0.2) is 11.6 Å². The zero-order chi connectivity index (χ0) is 28.0. The fourth-order valence-corrected chi connectivity index (χ4v) is 3.78. The molecule has 1 unspecified atom stereocenters. The summed E-state index contributed by atoms with van der Waals surface area (Å²) in [6.45, 7) is 2.26. The number of urea groups is 1. The Balaban J connectivity index is 0.000000244. The first-order valence-electron chi connectivity index (χ1n) is 11.6. The van der Waals surface area contributed by atoms with Crippen LogP contribution >= 0.6 is 0 Å². The van der Waals surface area contributed by atoms with Gasteiger partial charge in [0.1, 0.15) is 5.82 Å². The van der Waals surface area contributed by atoms with Crippen LogP contribution in [0.2, 0.25) is 0 Å². The number of aromatic nitrogens is 1. The summed E-state index contributed by atoms with van der Waals surface area (Å²) in [5.41, 5.74) is 11.3. The van der Waals surface area contributed by atoms with Crippen molar-refractivity contribution in [3.05, 3.63) is 77.5 Å². The van der Waals surface area contributed by atoms with Crippen molar-refractivity contribution in [2.45, 2.75) is 38.4 Å². The van der Waals surface area contributed by atoms with Crippen molar-refractivity contribution in [1.29, 1.82) is 0 Å². The van der Waals surface area contributed by atoms with E-state index >= 15 is 0 Å². The van der Waals surface area contributed by atoms with Crippen LogP contribution in [0.25, 0.3) is 11.1 Å². The average Bonchev–Trinajstić information content (AvgIpc) is 2.86. The summed E-state index contributed by atoms with van der Waals surface area (Å²) >= 11 is 0. The molecule has 1 atom stereocenters. The molecule has 3 aromatic rings. The van der Waals surface area contributed by atoms with Crippen molar-refractivity contribution >= 4 is 23.4 Å². The van der Waals surface area contributed by atoms with Crippen LogP contribution < -0.4 is 21.7 Å². The fraction of sp³-hybridized carbons (Fsp3) is 0.269. The number of carbonyl (C=O) groups is 2. The molecule has 0 aliphatic carbocycles. The lowest BCUT2D eigenvalue weighted by Crippen LogP contribution is -2.36. The van der Waals surface area contributed by atoms with Crippen LogP contribution in [0.5, 0.6) is 0 Å². The number of carbonyl (C=O) groups excluding carboxylic acids is 2. The number of nitrogens with one attached hydrogen (secondary N) is 1. The molecule has 3 amide bonds. The molecule has 2 heterocycles. The van der Waals surface area contributed by atoms with E-state index in [2.05, 4.69) is 4.98 Å². The van der Waals surface area contributed by atoms with Gasteiger partial charge in [0.05, 0.1) is 11.3 Å². The van der Waals surface area contributed by atoms with Crippen molar-refractivity contribution in [2.24, 2.45) is 11.5 Å². The van der Waals surface area contributed by atoms with Crippen molar-refractivity contribution < 1.29 is 31.5 Å². The number of amides is 3. The number of primary amides is 1. The van der Waals surface area contributed by atoms with Gasteiger partial charge in [-0.25, -0.2) is 18.6 Å². The minimum atomic E-state index is -4.43. The summed E-state index contributed by atoms with van der Waals surface area (Å²) in [4.78, 5) is 26.9. The molecular formula is C26H26F5N5O2. The van der Waals surface area contributed by atoms with E-state index in [1.807, 2.05) is 18.3 Å². The number of benzene rings is 2. The van der Waals surface area contributed by atoms with Gasteiger partial charge in [-0.3, -0.25) is 10.1 Å². The lowest BCUT2D eigenvalue weighted by molar-refractivity contribution is -0.137. The Morgan fingerprint density at radius 2 is 1.82 bits per heavy atom. The molecule has 4 rings (SSSR count). The van der Waals surface area contributed by atoms with E-state index in [9.17, 15) is 31.5 Å². The second-order valence-corrected chi connectivity index (χ2v) is 8.60. The van der Waals surface area contributed by atoms with Crippen LogP contribution in [0.4, 0.5) is 38.3 Å². The zero-order valence-corrected chi connectivity index (χ0v) is 20.4. The maximum Gasteiger partial charge on any atom is 0.417 e. The number of pyridine rings is 1. The molecule has 0 bridgehead atoms. The molecule has 1 aliphatic rings. The van der Waals surface area contributed by atoms with Crippen molar-refractivity contribution in [3.63, 3.8) is 0 Å². The van der Waals surface area contributed by atoms with Crippen LogP contribution in [-0.2, 0) is 11.0 Å². The number of piperidine rings is 1. The number of halogens is 5. The number of nitrogens with zero attached hydrogens (tertiary/aromatic N) is 2. The molecule has 0 radical (unpaired) electrons. The van der Waals surface area contributed by atoms with Crippen molar-refractivity contribution in [3.8, 4) is 11.1 Å². The van der Waals surface area contributed by atoms with Crippen LogP contribution in [0.3, 0.4) is 0 Å². The molecule has 38 heavy (non-hydrogen) atoms. The van der Waals surface area contributed by atoms with E-state index in [4.69, 9.17) is 11.5 Å². The quantitative estimate of drug-likeness (QED) is 0.369. The molecule has 1 aromatic heterocycles. The molecule has 1 fully saturated rings. The van der Waals surface area contributed by atoms with Gasteiger partial charge < -0.3 is 16.4 Å². The van der Waals surface area contributed by atoms with Gasteiger partial charge in [0.25, 0.3) is 0 Å². The fourth-order valence-electron chi connectivity index (χ4n) is 3.78. The predicted molar refractivity (Wildman–Crippen MR) is 133 cm³/mol. The average molecular weight is 536 g/mol. The topological polar surface area (TPSA) is 114 Å². The van der Waals surface area contributed by atoms with E-state index in [1.165, 1.54) is 17.0 Å². The lowest BCUT2D eigenvalue weighted by Gasteiger charge is -2.27. The molecule has 5 N–H and O–H groups in total. The molecule has 0 spiro atoms. The van der Waals surface area contributed by atoms with E-state index < -0.39 is 29.4 Å². The lowest BCUT2D eigenvalue weighted by atomic mass is 9.99. The molecule has 2 aromatic carbocycles. The Hall–Kier alpha value is -4.06. The third kappa shape index (κ3) is 7.03. The standard InChI is InChI=1S/C19H20F2N2O.C7H6F3N3O/c1-12(22)13-5-4-6-14(11-13)15-8-9-16(19(21)18(15)20)23-10-3-2-7-17(23)24;8-7(9,10)4-1-2-5(12-3-4)13-6(11)14/h4-6,8-9,11-12H,2-3,7,10,22H2,1H3;1-3H,(H3,11,12,13,14). The Kier molecular flexibility index (Phi) is 9.00. The first kappa shape index (κ1) is 28.5. The number of nitrogens with two attached hydrogens (primary N) is 2. The predicted octanol–water partition coefficient (Wildman–Crippen LogP) is 5.76. The van der Waals surface area contributed by atoms with Gasteiger partial charge in [0, 0.05) is 30.8 Å². The second-order valence-electron chi connectivity index (χ2n) is 8.60. The first-order chi connectivity index (χ1) is 17.9. The monoisotopic (exact) mass is 535 g/mol. The van der Waals surface area contributed by atoms with Crippen LogP contribution in [-0.4, -0.2) is 23.5 Å². The molecule has 1 saturated heterocycles. The van der Waals surface area contributed by atoms with E-state index in [-0.39, 0.29) is 29.0 Å². The highest BCUT2D eigenvalue weighted by molar-refractivity contribution is 5.94. The van der Waals surface area contributed by atoms with Gasteiger partial charge in [-0.2, -0.15) is 13.2 Å². The Labute approximate surface area is 215 Å². The molecule has 202 valence electrons. The Bertz CT molecular complexity index is 1300. The van der Waals surface area contributed by atoms with Gasteiger partial charge in [-0.05, 0) is 61.2 Å². The van der Waals surface area contributed by atoms with Crippen molar-refractivity contribution in [1.82, 2.24) is 4.98 Å². The molecule has 0 saturated carbocycles. The summed E-state index contributed by atoms with van der Waals surface area (Å²) in [6.07, 6.45) is -1.85. The van der Waals surface area contributed by atoms with Crippen LogP contribution in [0.1, 0.15) is 43.4 Å². The number of alkyl halides is 3. The Morgan fingerprint density at radius 1 is 1.08 bits per heavy atom. The third-order valence-corrected chi connectivity index (χ3v) is 5.74. The summed E-state index contributed by atoms with van der Waals surface area (Å²) in [6, 6.07) is 10.9.